The van der Waals surface area contributed by atoms with E-state index in [1.54, 1.807) is 43.3 Å². The first-order chi connectivity index (χ1) is 12.0. The van der Waals surface area contributed by atoms with E-state index >= 15 is 0 Å². The molecule has 25 heavy (non-hydrogen) atoms. The summed E-state index contributed by atoms with van der Waals surface area (Å²) in [7, 11) is 1.59. The average molecular weight is 344 g/mol. The van der Waals surface area contributed by atoms with Crippen molar-refractivity contribution in [1.29, 1.82) is 0 Å². The molecule has 1 unspecified atom stereocenters. The summed E-state index contributed by atoms with van der Waals surface area (Å²) in [6, 6.07) is 10.8. The number of benzene rings is 1. The maximum atomic E-state index is 12.7. The number of ether oxygens (including phenoxy) is 1. The van der Waals surface area contributed by atoms with E-state index in [0.717, 1.165) is 5.56 Å². The van der Waals surface area contributed by atoms with Gasteiger partial charge in [-0.15, -0.1) is 0 Å². The predicted octanol–water partition coefficient (Wildman–Crippen LogP) is 2.59. The van der Waals surface area contributed by atoms with Crippen LogP contribution in [0.15, 0.2) is 47.1 Å². The van der Waals surface area contributed by atoms with Crippen LogP contribution in [0.5, 0.6) is 0 Å². The Labute approximate surface area is 147 Å². The van der Waals surface area contributed by atoms with Gasteiger partial charge in [-0.2, -0.15) is 0 Å². The first-order valence-corrected chi connectivity index (χ1v) is 8.29. The molecule has 1 atom stereocenters. The minimum Gasteiger partial charge on any atom is -0.467 e. The summed E-state index contributed by atoms with van der Waals surface area (Å²) in [5.41, 5.74) is 1.51. The van der Waals surface area contributed by atoms with E-state index in [0.29, 0.717) is 31.0 Å². The molecule has 0 aliphatic carbocycles. The molecule has 0 fully saturated rings. The fraction of sp³-hybridized carbons (Fsp3) is 0.368. The Hall–Kier alpha value is -2.60. The van der Waals surface area contributed by atoms with Crippen molar-refractivity contribution in [2.24, 2.45) is 0 Å². The van der Waals surface area contributed by atoms with Crippen molar-refractivity contribution in [2.45, 2.75) is 33.0 Å². The zero-order valence-corrected chi connectivity index (χ0v) is 14.8. The normalized spacial score (nSPS) is 11.8. The third-order valence-corrected chi connectivity index (χ3v) is 3.82. The second-order valence-electron chi connectivity index (χ2n) is 5.65. The van der Waals surface area contributed by atoms with Crippen LogP contribution < -0.4 is 5.32 Å². The monoisotopic (exact) mass is 344 g/mol. The van der Waals surface area contributed by atoms with Crippen LogP contribution in [0.2, 0.25) is 0 Å². The lowest BCUT2D eigenvalue weighted by Crippen LogP contribution is -2.38. The van der Waals surface area contributed by atoms with Gasteiger partial charge in [0.15, 0.2) is 0 Å². The molecular formula is C19H24N2O4. The molecular weight excluding hydrogens is 320 g/mol. The van der Waals surface area contributed by atoms with Crippen LogP contribution in [0.25, 0.3) is 0 Å². The minimum absolute atomic E-state index is 0.103. The second kappa shape index (κ2) is 9.03. The Morgan fingerprint density at radius 2 is 1.92 bits per heavy atom. The number of nitrogens with zero attached hydrogens (tertiary/aromatic N) is 1. The van der Waals surface area contributed by atoms with Crippen molar-refractivity contribution in [3.05, 3.63) is 59.5 Å². The molecule has 0 saturated heterocycles. The van der Waals surface area contributed by atoms with Crippen molar-refractivity contribution < 1.29 is 18.7 Å². The van der Waals surface area contributed by atoms with E-state index in [2.05, 4.69) is 5.32 Å². The highest BCUT2D eigenvalue weighted by Crippen LogP contribution is 2.14. The highest BCUT2D eigenvalue weighted by atomic mass is 16.5. The maximum absolute atomic E-state index is 12.7. The van der Waals surface area contributed by atoms with Gasteiger partial charge >= 0.3 is 0 Å². The summed E-state index contributed by atoms with van der Waals surface area (Å²) in [5, 5.41) is 2.59. The first kappa shape index (κ1) is 18.7. The van der Waals surface area contributed by atoms with Crippen LogP contribution in [-0.2, 0) is 22.6 Å². The second-order valence-corrected chi connectivity index (χ2v) is 5.65. The van der Waals surface area contributed by atoms with Gasteiger partial charge in [0.25, 0.3) is 11.8 Å². The molecule has 1 N–H and O–H groups in total. The molecule has 0 radical (unpaired) electrons. The summed E-state index contributed by atoms with van der Waals surface area (Å²) in [6.45, 7) is 4.85. The zero-order chi connectivity index (χ0) is 18.2. The zero-order valence-electron chi connectivity index (χ0n) is 14.8. The number of rotatable bonds is 8. The van der Waals surface area contributed by atoms with Crippen molar-refractivity contribution in [3.63, 3.8) is 0 Å². The topological polar surface area (TPSA) is 71.8 Å². The SMILES string of the molecule is CCOC(C)C(=O)N(Cc1ccc(C(=O)NC)cc1)Cc1ccco1. The average Bonchev–Trinajstić information content (AvgIpc) is 3.13. The fourth-order valence-corrected chi connectivity index (χ4v) is 2.51. The van der Waals surface area contributed by atoms with Crippen molar-refractivity contribution in [1.82, 2.24) is 10.2 Å². The van der Waals surface area contributed by atoms with Crippen LogP contribution in [0.4, 0.5) is 0 Å². The lowest BCUT2D eigenvalue weighted by molar-refractivity contribution is -0.144. The number of carbonyl (C=O) groups is 2. The van der Waals surface area contributed by atoms with E-state index in [1.165, 1.54) is 0 Å². The molecule has 0 aliphatic heterocycles. The van der Waals surface area contributed by atoms with E-state index in [-0.39, 0.29) is 11.8 Å². The van der Waals surface area contributed by atoms with E-state index in [9.17, 15) is 9.59 Å². The lowest BCUT2D eigenvalue weighted by atomic mass is 10.1. The molecule has 1 aromatic heterocycles. The molecule has 6 nitrogen and oxygen atoms in total. The fourth-order valence-electron chi connectivity index (χ4n) is 2.51. The van der Waals surface area contributed by atoms with Crippen molar-refractivity contribution in [2.75, 3.05) is 13.7 Å². The Kier molecular flexibility index (Phi) is 6.77. The Morgan fingerprint density at radius 3 is 2.48 bits per heavy atom. The maximum Gasteiger partial charge on any atom is 0.252 e. The third kappa shape index (κ3) is 5.19. The van der Waals surface area contributed by atoms with Crippen LogP contribution in [0.3, 0.4) is 0 Å². The summed E-state index contributed by atoms with van der Waals surface area (Å²) < 4.78 is 10.8. The standard InChI is InChI=1S/C19H24N2O4/c1-4-24-14(2)19(23)21(13-17-6-5-11-25-17)12-15-7-9-16(10-8-15)18(22)20-3/h5-11,14H,4,12-13H2,1-3H3,(H,20,22). The summed E-state index contributed by atoms with van der Waals surface area (Å²) in [5.74, 6) is 0.465. The lowest BCUT2D eigenvalue weighted by Gasteiger charge is -2.25. The van der Waals surface area contributed by atoms with Crippen molar-refractivity contribution >= 4 is 11.8 Å². The number of nitrogens with one attached hydrogen (secondary N) is 1. The summed E-state index contributed by atoms with van der Waals surface area (Å²) in [4.78, 5) is 26.0. The first-order valence-electron chi connectivity index (χ1n) is 8.29. The van der Waals surface area contributed by atoms with Gasteiger partial charge in [-0.05, 0) is 43.7 Å². The molecule has 1 aromatic carbocycles. The van der Waals surface area contributed by atoms with Crippen LogP contribution in [-0.4, -0.2) is 36.5 Å². The van der Waals surface area contributed by atoms with E-state index < -0.39 is 6.10 Å². The number of amides is 2. The van der Waals surface area contributed by atoms with Gasteiger partial charge in [-0.1, -0.05) is 12.1 Å². The number of furan rings is 1. The summed E-state index contributed by atoms with van der Waals surface area (Å²) >= 11 is 0. The van der Waals surface area contributed by atoms with Gasteiger partial charge in [-0.3, -0.25) is 9.59 Å². The molecule has 2 amide bonds. The molecule has 1 heterocycles. The molecule has 0 saturated carbocycles. The Bertz CT molecular complexity index is 680. The van der Waals surface area contributed by atoms with Gasteiger partial charge in [0.1, 0.15) is 11.9 Å². The minimum atomic E-state index is -0.523. The molecule has 0 spiro atoms. The molecule has 0 aliphatic rings. The highest BCUT2D eigenvalue weighted by Gasteiger charge is 2.22. The van der Waals surface area contributed by atoms with Crippen LogP contribution >= 0.6 is 0 Å². The molecule has 134 valence electrons. The number of hydrogen-bond donors (Lipinski definition) is 1. The Morgan fingerprint density at radius 1 is 1.20 bits per heavy atom. The molecule has 6 heteroatoms. The highest BCUT2D eigenvalue weighted by molar-refractivity contribution is 5.93. The largest absolute Gasteiger partial charge is 0.467 e. The van der Waals surface area contributed by atoms with Crippen molar-refractivity contribution in [3.8, 4) is 0 Å². The van der Waals surface area contributed by atoms with E-state index in [4.69, 9.17) is 9.15 Å². The number of hydrogen-bond acceptors (Lipinski definition) is 4. The number of carbonyl (C=O) groups excluding carboxylic acids is 2. The smallest absolute Gasteiger partial charge is 0.252 e. The molecule has 0 bridgehead atoms. The van der Waals surface area contributed by atoms with E-state index in [1.807, 2.05) is 25.1 Å². The van der Waals surface area contributed by atoms with Gasteiger partial charge < -0.3 is 19.4 Å². The third-order valence-electron chi connectivity index (χ3n) is 3.82. The predicted molar refractivity (Wildman–Crippen MR) is 93.9 cm³/mol. The quantitative estimate of drug-likeness (QED) is 0.799. The van der Waals surface area contributed by atoms with Gasteiger partial charge in [0, 0.05) is 25.8 Å². The summed E-state index contributed by atoms with van der Waals surface area (Å²) in [6.07, 6.45) is 1.06. The van der Waals surface area contributed by atoms with Crippen LogP contribution in [0, 0.1) is 0 Å². The van der Waals surface area contributed by atoms with Crippen LogP contribution in [0.1, 0.15) is 35.5 Å². The molecule has 2 aromatic rings. The molecule has 2 rings (SSSR count). The van der Waals surface area contributed by atoms with Gasteiger partial charge in [0.05, 0.1) is 12.8 Å². The Balaban J connectivity index is 2.14. The van der Waals surface area contributed by atoms with Gasteiger partial charge in [-0.25, -0.2) is 0 Å². The van der Waals surface area contributed by atoms with Gasteiger partial charge in [0.2, 0.25) is 0 Å².